The lowest BCUT2D eigenvalue weighted by Gasteiger charge is -2.21. The Labute approximate surface area is 147 Å². The maximum absolute atomic E-state index is 12.8. The molecule has 1 heterocycles. The average Bonchev–Trinajstić information content (AvgIpc) is 2.79. The zero-order chi connectivity index (χ0) is 18.6. The lowest BCUT2D eigenvalue weighted by atomic mass is 10.1. The molecule has 0 bridgehead atoms. The Morgan fingerprint density at radius 2 is 1.88 bits per heavy atom. The van der Waals surface area contributed by atoms with Gasteiger partial charge in [-0.2, -0.15) is 0 Å². The number of sulfonamides is 1. The number of ether oxygens (including phenoxy) is 1. The van der Waals surface area contributed by atoms with Crippen LogP contribution in [0.2, 0.25) is 0 Å². The molecule has 0 aliphatic carbocycles. The second kappa shape index (κ2) is 7.83. The van der Waals surface area contributed by atoms with Gasteiger partial charge in [-0.15, -0.1) is 0 Å². The van der Waals surface area contributed by atoms with Crippen LogP contribution in [0, 0.1) is 0 Å². The minimum atomic E-state index is -3.26. The first-order chi connectivity index (χ1) is 11.7. The number of hydrogen-bond acceptors (Lipinski definition) is 5. The van der Waals surface area contributed by atoms with Gasteiger partial charge in [0.25, 0.3) is 5.91 Å². The molecule has 0 spiro atoms. The Morgan fingerprint density at radius 1 is 1.16 bits per heavy atom. The van der Waals surface area contributed by atoms with Gasteiger partial charge >= 0.3 is 0 Å². The molecule has 1 aliphatic rings. The number of nitrogens with one attached hydrogen (secondary N) is 1. The van der Waals surface area contributed by atoms with E-state index in [2.05, 4.69) is 5.32 Å². The predicted molar refractivity (Wildman–Crippen MR) is 94.2 cm³/mol. The average molecular weight is 369 g/mol. The van der Waals surface area contributed by atoms with Gasteiger partial charge in [0.2, 0.25) is 15.9 Å². The Kier molecular flexibility index (Phi) is 6.02. The first kappa shape index (κ1) is 19.2. The number of carbonyl (C=O) groups excluding carboxylic acids is 2. The van der Waals surface area contributed by atoms with Crippen LogP contribution in [0.1, 0.15) is 23.7 Å². The Bertz CT molecular complexity index is 763. The smallest absolute Gasteiger partial charge is 0.253 e. The molecular formula is C16H23N3O5S. The summed E-state index contributed by atoms with van der Waals surface area (Å²) in [7, 11) is -1.78. The van der Waals surface area contributed by atoms with Crippen LogP contribution >= 0.6 is 0 Å². The van der Waals surface area contributed by atoms with Crippen LogP contribution in [0.15, 0.2) is 18.2 Å². The van der Waals surface area contributed by atoms with Gasteiger partial charge in [-0.25, -0.2) is 12.7 Å². The molecule has 9 heteroatoms. The number of benzene rings is 1. The molecule has 1 N–H and O–H groups in total. The van der Waals surface area contributed by atoms with Crippen LogP contribution in [0.5, 0.6) is 5.75 Å². The van der Waals surface area contributed by atoms with Crippen molar-refractivity contribution in [3.05, 3.63) is 23.8 Å². The summed E-state index contributed by atoms with van der Waals surface area (Å²) in [4.78, 5) is 25.7. The van der Waals surface area contributed by atoms with Crippen molar-refractivity contribution < 1.29 is 22.7 Å². The summed E-state index contributed by atoms with van der Waals surface area (Å²) >= 11 is 0. The summed E-state index contributed by atoms with van der Waals surface area (Å²) in [6, 6.07) is 4.83. The third-order valence-corrected chi connectivity index (χ3v) is 5.27. The summed E-state index contributed by atoms with van der Waals surface area (Å²) in [5.41, 5.74) is 0.839. The fourth-order valence-corrected chi connectivity index (χ4v) is 3.61. The van der Waals surface area contributed by atoms with Gasteiger partial charge in [-0.1, -0.05) is 0 Å². The van der Waals surface area contributed by atoms with E-state index in [0.29, 0.717) is 43.1 Å². The van der Waals surface area contributed by atoms with Crippen molar-refractivity contribution in [3.8, 4) is 5.75 Å². The molecule has 1 aromatic rings. The topological polar surface area (TPSA) is 96.0 Å². The van der Waals surface area contributed by atoms with E-state index in [-0.39, 0.29) is 18.4 Å². The van der Waals surface area contributed by atoms with Crippen molar-refractivity contribution in [1.82, 2.24) is 9.21 Å². The van der Waals surface area contributed by atoms with E-state index in [1.54, 1.807) is 23.1 Å². The molecule has 138 valence electrons. The van der Waals surface area contributed by atoms with E-state index in [0.717, 1.165) is 0 Å². The van der Waals surface area contributed by atoms with E-state index in [1.807, 2.05) is 0 Å². The van der Waals surface area contributed by atoms with Gasteiger partial charge in [0, 0.05) is 38.7 Å². The van der Waals surface area contributed by atoms with E-state index in [1.165, 1.54) is 24.6 Å². The van der Waals surface area contributed by atoms with Crippen LogP contribution < -0.4 is 10.1 Å². The standard InChI is InChI=1S/C16H23N3O5S/c1-12(20)17-14-11-13(5-6-15(14)24-2)16(21)18-7-4-8-19(10-9-18)25(3,22)23/h5-6,11H,4,7-10H2,1-3H3,(H,17,20). The minimum Gasteiger partial charge on any atom is -0.495 e. The first-order valence-electron chi connectivity index (χ1n) is 7.92. The fourth-order valence-electron chi connectivity index (χ4n) is 2.74. The lowest BCUT2D eigenvalue weighted by molar-refractivity contribution is -0.114. The molecule has 1 aliphatic heterocycles. The van der Waals surface area contributed by atoms with Crippen molar-refractivity contribution in [3.63, 3.8) is 0 Å². The van der Waals surface area contributed by atoms with Gasteiger partial charge in [0.1, 0.15) is 5.75 Å². The highest BCUT2D eigenvalue weighted by Gasteiger charge is 2.25. The van der Waals surface area contributed by atoms with Gasteiger partial charge in [-0.3, -0.25) is 9.59 Å². The molecule has 1 aromatic carbocycles. The van der Waals surface area contributed by atoms with Gasteiger partial charge in [0.15, 0.2) is 0 Å². The maximum atomic E-state index is 12.8. The molecule has 0 aromatic heterocycles. The number of carbonyl (C=O) groups is 2. The minimum absolute atomic E-state index is 0.204. The van der Waals surface area contributed by atoms with E-state index in [9.17, 15) is 18.0 Å². The molecule has 1 saturated heterocycles. The molecule has 2 amide bonds. The van der Waals surface area contributed by atoms with E-state index >= 15 is 0 Å². The molecule has 2 rings (SSSR count). The number of rotatable bonds is 4. The van der Waals surface area contributed by atoms with Gasteiger partial charge in [0.05, 0.1) is 19.1 Å². The highest BCUT2D eigenvalue weighted by molar-refractivity contribution is 7.88. The molecule has 0 radical (unpaired) electrons. The maximum Gasteiger partial charge on any atom is 0.253 e. The third kappa shape index (κ3) is 4.93. The SMILES string of the molecule is COc1ccc(C(=O)N2CCCN(S(C)(=O)=O)CC2)cc1NC(C)=O. The number of hydrogen-bond donors (Lipinski definition) is 1. The summed E-state index contributed by atoms with van der Waals surface area (Å²) < 4.78 is 29.9. The summed E-state index contributed by atoms with van der Waals surface area (Å²) in [5, 5.41) is 2.64. The normalized spacial score (nSPS) is 16.2. The van der Waals surface area contributed by atoms with Crippen molar-refractivity contribution in [2.24, 2.45) is 0 Å². The van der Waals surface area contributed by atoms with Crippen molar-refractivity contribution in [1.29, 1.82) is 0 Å². The monoisotopic (exact) mass is 369 g/mol. The summed E-state index contributed by atoms with van der Waals surface area (Å²) in [6.07, 6.45) is 1.75. The number of nitrogens with zero attached hydrogens (tertiary/aromatic N) is 2. The van der Waals surface area contributed by atoms with E-state index in [4.69, 9.17) is 4.74 Å². The largest absolute Gasteiger partial charge is 0.495 e. The Morgan fingerprint density at radius 3 is 2.48 bits per heavy atom. The summed E-state index contributed by atoms with van der Waals surface area (Å²) in [5.74, 6) is -0.00283. The Hall–Kier alpha value is -2.13. The number of amides is 2. The number of anilines is 1. The highest BCUT2D eigenvalue weighted by Crippen LogP contribution is 2.26. The molecule has 25 heavy (non-hydrogen) atoms. The van der Waals surface area contributed by atoms with Crippen molar-refractivity contribution >= 4 is 27.5 Å². The summed E-state index contributed by atoms with van der Waals surface area (Å²) in [6.45, 7) is 2.86. The Balaban J connectivity index is 2.18. The third-order valence-electron chi connectivity index (χ3n) is 3.97. The highest BCUT2D eigenvalue weighted by atomic mass is 32.2. The second-order valence-corrected chi connectivity index (χ2v) is 7.89. The van der Waals surface area contributed by atoms with Crippen LogP contribution in [0.3, 0.4) is 0 Å². The van der Waals surface area contributed by atoms with Gasteiger partial charge < -0.3 is 15.0 Å². The first-order valence-corrected chi connectivity index (χ1v) is 9.77. The molecular weight excluding hydrogens is 346 g/mol. The quantitative estimate of drug-likeness (QED) is 0.845. The van der Waals surface area contributed by atoms with E-state index < -0.39 is 10.0 Å². The van der Waals surface area contributed by atoms with Crippen LogP contribution in [0.4, 0.5) is 5.69 Å². The molecule has 0 saturated carbocycles. The fraction of sp³-hybridized carbons (Fsp3) is 0.500. The zero-order valence-corrected chi connectivity index (χ0v) is 15.4. The van der Waals surface area contributed by atoms with Gasteiger partial charge in [-0.05, 0) is 24.6 Å². The zero-order valence-electron chi connectivity index (χ0n) is 14.6. The van der Waals surface area contributed by atoms with Crippen LogP contribution in [-0.2, 0) is 14.8 Å². The van der Waals surface area contributed by atoms with Crippen LogP contribution in [-0.4, -0.2) is 69.0 Å². The molecule has 1 fully saturated rings. The number of methoxy groups -OCH3 is 1. The molecule has 0 atom stereocenters. The van der Waals surface area contributed by atoms with Crippen molar-refractivity contribution in [2.75, 3.05) is 44.9 Å². The lowest BCUT2D eigenvalue weighted by Crippen LogP contribution is -2.37. The van der Waals surface area contributed by atoms with Crippen molar-refractivity contribution in [2.45, 2.75) is 13.3 Å². The molecule has 8 nitrogen and oxygen atoms in total. The predicted octanol–water partition coefficient (Wildman–Crippen LogP) is 0.761. The van der Waals surface area contributed by atoms with Crippen LogP contribution in [0.25, 0.3) is 0 Å². The molecule has 0 unspecified atom stereocenters. The second-order valence-electron chi connectivity index (χ2n) is 5.90.